The number of fused-ring (bicyclic) bond motifs is 1. The Bertz CT molecular complexity index is 798. The molecule has 0 atom stereocenters. The van der Waals surface area contributed by atoms with E-state index >= 15 is 0 Å². The number of nitrogens with zero attached hydrogens (tertiary/aromatic N) is 2. The van der Waals surface area contributed by atoms with Crippen molar-refractivity contribution in [2.24, 2.45) is 0 Å². The van der Waals surface area contributed by atoms with Crippen LogP contribution >= 0.6 is 22.7 Å². The van der Waals surface area contributed by atoms with Gasteiger partial charge < -0.3 is 4.98 Å². The number of nitrogens with one attached hydrogen (secondary N) is 1. The molecule has 0 aliphatic heterocycles. The standard InChI is InChI=1S/C13H13N3OS2/c1-6(2)8-4-19-13-10(8)12(17)15-11(16-13)9-5-18-7(3)14-9/h4-6H,1-3H3,(H,15,16,17). The fourth-order valence-corrected chi connectivity index (χ4v) is 3.69. The molecule has 0 aliphatic rings. The lowest BCUT2D eigenvalue weighted by Crippen LogP contribution is -2.10. The van der Waals surface area contributed by atoms with Gasteiger partial charge in [0.1, 0.15) is 10.5 Å². The molecule has 0 unspecified atom stereocenters. The number of thiazole rings is 1. The maximum Gasteiger partial charge on any atom is 0.260 e. The van der Waals surface area contributed by atoms with E-state index in [9.17, 15) is 4.79 Å². The second-order valence-corrected chi connectivity index (χ2v) is 6.61. The molecule has 0 saturated carbocycles. The predicted molar refractivity (Wildman–Crippen MR) is 80.2 cm³/mol. The molecule has 19 heavy (non-hydrogen) atoms. The van der Waals surface area contributed by atoms with Crippen LogP contribution in [-0.4, -0.2) is 15.0 Å². The Morgan fingerprint density at radius 1 is 1.21 bits per heavy atom. The van der Waals surface area contributed by atoms with Crippen LogP contribution in [0.2, 0.25) is 0 Å². The van der Waals surface area contributed by atoms with E-state index in [0.717, 1.165) is 26.5 Å². The number of aromatic nitrogens is 3. The molecular formula is C13H13N3OS2. The van der Waals surface area contributed by atoms with Crippen LogP contribution in [0.3, 0.4) is 0 Å². The minimum atomic E-state index is -0.0735. The van der Waals surface area contributed by atoms with Crippen LogP contribution in [0.25, 0.3) is 21.7 Å². The summed E-state index contributed by atoms with van der Waals surface area (Å²) >= 11 is 3.07. The van der Waals surface area contributed by atoms with Gasteiger partial charge in [-0.2, -0.15) is 0 Å². The molecule has 0 spiro atoms. The Labute approximate surface area is 118 Å². The molecule has 3 aromatic rings. The van der Waals surface area contributed by atoms with Crippen molar-refractivity contribution in [3.8, 4) is 11.5 Å². The molecule has 0 bridgehead atoms. The van der Waals surface area contributed by atoms with Gasteiger partial charge in [-0.3, -0.25) is 4.79 Å². The summed E-state index contributed by atoms with van der Waals surface area (Å²) in [5, 5.41) is 5.62. The number of thiophene rings is 1. The smallest absolute Gasteiger partial charge is 0.260 e. The van der Waals surface area contributed by atoms with Gasteiger partial charge in [0.25, 0.3) is 5.56 Å². The van der Waals surface area contributed by atoms with Crippen LogP contribution in [0.15, 0.2) is 15.6 Å². The average molecular weight is 291 g/mol. The third-order valence-electron chi connectivity index (χ3n) is 2.96. The van der Waals surface area contributed by atoms with E-state index in [1.54, 1.807) is 11.3 Å². The third-order valence-corrected chi connectivity index (χ3v) is 4.62. The maximum absolute atomic E-state index is 12.3. The van der Waals surface area contributed by atoms with Crippen LogP contribution < -0.4 is 5.56 Å². The quantitative estimate of drug-likeness (QED) is 0.785. The van der Waals surface area contributed by atoms with Gasteiger partial charge in [0, 0.05) is 5.38 Å². The van der Waals surface area contributed by atoms with E-state index in [1.165, 1.54) is 11.3 Å². The topological polar surface area (TPSA) is 58.6 Å². The van der Waals surface area contributed by atoms with E-state index in [-0.39, 0.29) is 5.56 Å². The number of aryl methyl sites for hydroxylation is 1. The van der Waals surface area contributed by atoms with Crippen LogP contribution in [-0.2, 0) is 0 Å². The van der Waals surface area contributed by atoms with Crippen LogP contribution in [0.5, 0.6) is 0 Å². The zero-order valence-corrected chi connectivity index (χ0v) is 12.5. The lowest BCUT2D eigenvalue weighted by molar-refractivity contribution is 0.878. The number of H-pyrrole nitrogens is 1. The van der Waals surface area contributed by atoms with E-state index in [1.807, 2.05) is 17.7 Å². The Balaban J connectivity index is 2.24. The molecule has 98 valence electrons. The third kappa shape index (κ3) is 2.11. The zero-order valence-electron chi connectivity index (χ0n) is 10.9. The summed E-state index contributed by atoms with van der Waals surface area (Å²) in [6.45, 7) is 6.10. The van der Waals surface area contributed by atoms with Crippen molar-refractivity contribution >= 4 is 32.9 Å². The summed E-state index contributed by atoms with van der Waals surface area (Å²) in [4.78, 5) is 24.8. The molecular weight excluding hydrogens is 278 g/mol. The molecule has 0 saturated heterocycles. The first-order valence-corrected chi connectivity index (χ1v) is 7.76. The van der Waals surface area contributed by atoms with Gasteiger partial charge in [-0.15, -0.1) is 22.7 Å². The molecule has 3 heterocycles. The van der Waals surface area contributed by atoms with Gasteiger partial charge in [-0.25, -0.2) is 9.97 Å². The van der Waals surface area contributed by atoms with Gasteiger partial charge in [0.15, 0.2) is 5.82 Å². The summed E-state index contributed by atoms with van der Waals surface area (Å²) in [6.07, 6.45) is 0. The second kappa shape index (κ2) is 4.54. The highest BCUT2D eigenvalue weighted by Crippen LogP contribution is 2.28. The van der Waals surface area contributed by atoms with E-state index in [4.69, 9.17) is 0 Å². The highest BCUT2D eigenvalue weighted by molar-refractivity contribution is 7.17. The number of hydrogen-bond donors (Lipinski definition) is 1. The number of aromatic amines is 1. The molecule has 0 radical (unpaired) electrons. The molecule has 3 aromatic heterocycles. The molecule has 6 heteroatoms. The first kappa shape index (κ1) is 12.5. The van der Waals surface area contributed by atoms with Gasteiger partial charge in [0.2, 0.25) is 0 Å². The van der Waals surface area contributed by atoms with Gasteiger partial charge in [-0.05, 0) is 23.8 Å². The first-order valence-electron chi connectivity index (χ1n) is 6.00. The number of rotatable bonds is 2. The molecule has 0 amide bonds. The molecule has 0 aliphatic carbocycles. The molecule has 0 aromatic carbocycles. The van der Waals surface area contributed by atoms with Crippen molar-refractivity contribution in [1.29, 1.82) is 0 Å². The van der Waals surface area contributed by atoms with Crippen molar-refractivity contribution in [1.82, 2.24) is 15.0 Å². The van der Waals surface area contributed by atoms with E-state index in [0.29, 0.717) is 11.7 Å². The van der Waals surface area contributed by atoms with E-state index in [2.05, 4.69) is 28.8 Å². The van der Waals surface area contributed by atoms with Crippen molar-refractivity contribution < 1.29 is 0 Å². The molecule has 0 fully saturated rings. The summed E-state index contributed by atoms with van der Waals surface area (Å²) < 4.78 is 0. The highest BCUT2D eigenvalue weighted by atomic mass is 32.1. The lowest BCUT2D eigenvalue weighted by Gasteiger charge is -2.02. The summed E-state index contributed by atoms with van der Waals surface area (Å²) in [6, 6.07) is 0. The van der Waals surface area contributed by atoms with Crippen LogP contribution in [0.1, 0.15) is 30.3 Å². The van der Waals surface area contributed by atoms with Gasteiger partial charge in [-0.1, -0.05) is 13.8 Å². The lowest BCUT2D eigenvalue weighted by atomic mass is 10.0. The minimum Gasteiger partial charge on any atom is -0.305 e. The van der Waals surface area contributed by atoms with Crippen molar-refractivity contribution in [3.05, 3.63) is 31.7 Å². The average Bonchev–Trinajstić information content (AvgIpc) is 2.94. The fourth-order valence-electron chi connectivity index (χ4n) is 1.99. The van der Waals surface area contributed by atoms with Crippen LogP contribution in [0, 0.1) is 6.92 Å². The normalized spacial score (nSPS) is 11.6. The van der Waals surface area contributed by atoms with Gasteiger partial charge >= 0.3 is 0 Å². The van der Waals surface area contributed by atoms with Crippen LogP contribution in [0.4, 0.5) is 0 Å². The summed E-state index contributed by atoms with van der Waals surface area (Å²) in [7, 11) is 0. The van der Waals surface area contributed by atoms with Crippen molar-refractivity contribution in [2.45, 2.75) is 26.7 Å². The zero-order chi connectivity index (χ0) is 13.6. The highest BCUT2D eigenvalue weighted by Gasteiger charge is 2.15. The Morgan fingerprint density at radius 2 is 2.00 bits per heavy atom. The molecule has 4 nitrogen and oxygen atoms in total. The largest absolute Gasteiger partial charge is 0.305 e. The molecule has 3 rings (SSSR count). The Morgan fingerprint density at radius 3 is 2.63 bits per heavy atom. The maximum atomic E-state index is 12.3. The Kier molecular flexibility index (Phi) is 2.99. The predicted octanol–water partition coefficient (Wildman–Crippen LogP) is 3.54. The fraction of sp³-hybridized carbons (Fsp3) is 0.308. The summed E-state index contributed by atoms with van der Waals surface area (Å²) in [5.74, 6) is 0.878. The SMILES string of the molecule is Cc1nc(-c2nc3scc(C(C)C)c3c(=O)[nH]2)cs1. The van der Waals surface area contributed by atoms with E-state index < -0.39 is 0 Å². The monoisotopic (exact) mass is 291 g/mol. The Hall–Kier alpha value is -1.53. The second-order valence-electron chi connectivity index (χ2n) is 4.69. The summed E-state index contributed by atoms with van der Waals surface area (Å²) in [5.41, 5.74) is 1.73. The van der Waals surface area contributed by atoms with Crippen molar-refractivity contribution in [2.75, 3.05) is 0 Å². The van der Waals surface area contributed by atoms with Crippen molar-refractivity contribution in [3.63, 3.8) is 0 Å². The first-order chi connectivity index (χ1) is 9.06. The number of hydrogen-bond acceptors (Lipinski definition) is 5. The van der Waals surface area contributed by atoms with Gasteiger partial charge in [0.05, 0.1) is 10.4 Å². The minimum absolute atomic E-state index is 0.0735. The molecule has 1 N–H and O–H groups in total.